The highest BCUT2D eigenvalue weighted by Gasteiger charge is 2.27. The van der Waals surface area contributed by atoms with E-state index in [0.29, 0.717) is 11.7 Å². The van der Waals surface area contributed by atoms with Gasteiger partial charge in [-0.2, -0.15) is 0 Å². The van der Waals surface area contributed by atoms with Crippen LogP contribution < -0.4 is 5.73 Å². The molecule has 1 aromatic rings. The third-order valence-electron chi connectivity index (χ3n) is 3.93. The Balaban J connectivity index is 1.97. The standard InChI is InChI=1S/C15H25N3O2/c1-11-6-8-18(9-7-11)14(16)17-10-15(3,19)13-5-4-12(2)20-13/h4-5,11,19H,6-10H2,1-3H3,(H2,16,17). The van der Waals surface area contributed by atoms with Crippen LogP contribution in [0.15, 0.2) is 21.5 Å². The Morgan fingerprint density at radius 3 is 2.70 bits per heavy atom. The summed E-state index contributed by atoms with van der Waals surface area (Å²) in [5, 5.41) is 10.4. The molecule has 0 aromatic carbocycles. The number of nitrogens with zero attached hydrogens (tertiary/aromatic N) is 2. The van der Waals surface area contributed by atoms with Gasteiger partial charge in [0.25, 0.3) is 0 Å². The van der Waals surface area contributed by atoms with Gasteiger partial charge in [0.1, 0.15) is 17.1 Å². The molecule has 0 aliphatic carbocycles. The van der Waals surface area contributed by atoms with Crippen LogP contribution >= 0.6 is 0 Å². The Kier molecular flexibility index (Phi) is 4.38. The van der Waals surface area contributed by atoms with Crippen molar-refractivity contribution >= 4 is 5.96 Å². The average molecular weight is 279 g/mol. The molecule has 0 bridgehead atoms. The Labute approximate surface area is 120 Å². The van der Waals surface area contributed by atoms with Crippen LogP contribution in [0.4, 0.5) is 0 Å². The molecule has 1 atom stereocenters. The minimum absolute atomic E-state index is 0.206. The molecule has 3 N–H and O–H groups in total. The Bertz CT molecular complexity index is 471. The van der Waals surface area contributed by atoms with Crippen molar-refractivity contribution in [3.63, 3.8) is 0 Å². The maximum Gasteiger partial charge on any atom is 0.191 e. The van der Waals surface area contributed by atoms with E-state index in [1.54, 1.807) is 13.0 Å². The number of rotatable bonds is 3. The maximum absolute atomic E-state index is 10.4. The minimum Gasteiger partial charge on any atom is -0.463 e. The van der Waals surface area contributed by atoms with Crippen LogP contribution in [0.1, 0.15) is 38.2 Å². The van der Waals surface area contributed by atoms with Crippen molar-refractivity contribution in [2.75, 3.05) is 19.6 Å². The third-order valence-corrected chi connectivity index (χ3v) is 3.93. The number of guanidine groups is 1. The summed E-state index contributed by atoms with van der Waals surface area (Å²) >= 11 is 0. The molecule has 1 unspecified atom stereocenters. The van der Waals surface area contributed by atoms with Crippen molar-refractivity contribution in [2.45, 2.75) is 39.2 Å². The van der Waals surface area contributed by atoms with E-state index in [4.69, 9.17) is 10.2 Å². The van der Waals surface area contributed by atoms with Gasteiger partial charge in [-0.3, -0.25) is 0 Å². The highest BCUT2D eigenvalue weighted by atomic mass is 16.4. The highest BCUT2D eigenvalue weighted by molar-refractivity contribution is 5.78. The maximum atomic E-state index is 10.4. The number of hydrogen-bond acceptors (Lipinski definition) is 3. The predicted octanol–water partition coefficient (Wildman–Crippen LogP) is 1.84. The first-order chi connectivity index (χ1) is 9.38. The lowest BCUT2D eigenvalue weighted by atomic mass is 9.99. The number of furan rings is 1. The second kappa shape index (κ2) is 5.87. The summed E-state index contributed by atoms with van der Waals surface area (Å²) in [4.78, 5) is 6.43. The van der Waals surface area contributed by atoms with Gasteiger partial charge in [0.05, 0.1) is 6.54 Å². The highest BCUT2D eigenvalue weighted by Crippen LogP contribution is 2.23. The lowest BCUT2D eigenvalue weighted by Crippen LogP contribution is -2.43. The summed E-state index contributed by atoms with van der Waals surface area (Å²) in [6.07, 6.45) is 2.29. The van der Waals surface area contributed by atoms with Gasteiger partial charge in [0, 0.05) is 13.1 Å². The lowest BCUT2D eigenvalue weighted by molar-refractivity contribution is 0.0426. The number of likely N-dealkylation sites (tertiary alicyclic amines) is 1. The van der Waals surface area contributed by atoms with Gasteiger partial charge in [0.15, 0.2) is 5.96 Å². The fraction of sp³-hybridized carbons (Fsp3) is 0.667. The lowest BCUT2D eigenvalue weighted by Gasteiger charge is -2.31. The number of nitrogens with two attached hydrogens (primary N) is 1. The molecule has 0 amide bonds. The Morgan fingerprint density at radius 2 is 2.15 bits per heavy atom. The predicted molar refractivity (Wildman–Crippen MR) is 79.5 cm³/mol. The van der Waals surface area contributed by atoms with Gasteiger partial charge in [-0.1, -0.05) is 6.92 Å². The summed E-state index contributed by atoms with van der Waals surface area (Å²) in [6, 6.07) is 3.62. The summed E-state index contributed by atoms with van der Waals surface area (Å²) in [5.74, 6) is 2.58. The zero-order valence-electron chi connectivity index (χ0n) is 12.6. The van der Waals surface area contributed by atoms with Crippen LogP contribution in [-0.2, 0) is 5.60 Å². The summed E-state index contributed by atoms with van der Waals surface area (Å²) in [5.41, 5.74) is 4.90. The van der Waals surface area contributed by atoms with Crippen LogP contribution in [-0.4, -0.2) is 35.6 Å². The van der Waals surface area contributed by atoms with E-state index < -0.39 is 5.60 Å². The largest absolute Gasteiger partial charge is 0.463 e. The van der Waals surface area contributed by atoms with Crippen molar-refractivity contribution < 1.29 is 9.52 Å². The molecule has 0 saturated carbocycles. The molecule has 1 fully saturated rings. The molecule has 20 heavy (non-hydrogen) atoms. The molecule has 0 radical (unpaired) electrons. The minimum atomic E-state index is -1.12. The van der Waals surface area contributed by atoms with Gasteiger partial charge in [0.2, 0.25) is 0 Å². The topological polar surface area (TPSA) is 75.0 Å². The molecular weight excluding hydrogens is 254 g/mol. The second-order valence-corrected chi connectivity index (χ2v) is 6.03. The molecule has 112 valence electrons. The number of aliphatic imine (C=N–C) groups is 1. The molecule has 1 aliphatic rings. The van der Waals surface area contributed by atoms with E-state index in [1.165, 1.54) is 0 Å². The molecular formula is C15H25N3O2. The van der Waals surface area contributed by atoms with Crippen molar-refractivity contribution in [2.24, 2.45) is 16.6 Å². The van der Waals surface area contributed by atoms with E-state index in [1.807, 2.05) is 13.0 Å². The number of piperidine rings is 1. The van der Waals surface area contributed by atoms with Gasteiger partial charge in [-0.15, -0.1) is 0 Å². The van der Waals surface area contributed by atoms with Crippen LogP contribution in [0, 0.1) is 12.8 Å². The van der Waals surface area contributed by atoms with E-state index >= 15 is 0 Å². The van der Waals surface area contributed by atoms with Crippen molar-refractivity contribution in [1.82, 2.24) is 4.90 Å². The zero-order valence-corrected chi connectivity index (χ0v) is 12.6. The first-order valence-electron chi connectivity index (χ1n) is 7.22. The first kappa shape index (κ1) is 14.9. The van der Waals surface area contributed by atoms with Gasteiger partial charge in [-0.05, 0) is 44.7 Å². The monoisotopic (exact) mass is 279 g/mol. The van der Waals surface area contributed by atoms with E-state index in [0.717, 1.165) is 37.6 Å². The van der Waals surface area contributed by atoms with Gasteiger partial charge >= 0.3 is 0 Å². The van der Waals surface area contributed by atoms with E-state index in [-0.39, 0.29) is 6.54 Å². The van der Waals surface area contributed by atoms with Crippen LogP contribution in [0.25, 0.3) is 0 Å². The molecule has 0 spiro atoms. The molecule has 1 aromatic heterocycles. The SMILES string of the molecule is Cc1ccc(C(C)(O)CN=C(N)N2CCC(C)CC2)o1. The molecule has 5 heteroatoms. The molecule has 1 saturated heterocycles. The zero-order chi connectivity index (χ0) is 14.8. The van der Waals surface area contributed by atoms with Gasteiger partial charge in [-0.25, -0.2) is 4.99 Å². The Morgan fingerprint density at radius 1 is 1.50 bits per heavy atom. The van der Waals surface area contributed by atoms with E-state index in [9.17, 15) is 5.11 Å². The fourth-order valence-electron chi connectivity index (χ4n) is 2.37. The first-order valence-corrected chi connectivity index (χ1v) is 7.22. The average Bonchev–Trinajstić information content (AvgIpc) is 2.84. The second-order valence-electron chi connectivity index (χ2n) is 6.03. The summed E-state index contributed by atoms with van der Waals surface area (Å²) in [6.45, 7) is 7.90. The number of hydrogen-bond donors (Lipinski definition) is 2. The van der Waals surface area contributed by atoms with Crippen LogP contribution in [0.3, 0.4) is 0 Å². The summed E-state index contributed by atoms with van der Waals surface area (Å²) in [7, 11) is 0. The smallest absolute Gasteiger partial charge is 0.191 e. The van der Waals surface area contributed by atoms with Crippen LogP contribution in [0.5, 0.6) is 0 Å². The van der Waals surface area contributed by atoms with Crippen LogP contribution in [0.2, 0.25) is 0 Å². The Hall–Kier alpha value is -1.49. The number of aryl methyl sites for hydroxylation is 1. The molecule has 1 aliphatic heterocycles. The van der Waals surface area contributed by atoms with Crippen molar-refractivity contribution in [3.05, 3.63) is 23.7 Å². The van der Waals surface area contributed by atoms with Crippen molar-refractivity contribution in [1.29, 1.82) is 0 Å². The molecule has 2 rings (SSSR count). The van der Waals surface area contributed by atoms with Gasteiger partial charge < -0.3 is 20.2 Å². The molecule has 5 nitrogen and oxygen atoms in total. The van der Waals surface area contributed by atoms with E-state index in [2.05, 4.69) is 16.8 Å². The third kappa shape index (κ3) is 3.54. The normalized spacial score (nSPS) is 21.0. The summed E-state index contributed by atoms with van der Waals surface area (Å²) < 4.78 is 5.47. The number of aliphatic hydroxyl groups is 1. The van der Waals surface area contributed by atoms with Crippen molar-refractivity contribution in [3.8, 4) is 0 Å². The molecule has 2 heterocycles. The fourth-order valence-corrected chi connectivity index (χ4v) is 2.37. The quantitative estimate of drug-likeness (QED) is 0.654.